The first-order valence-electron chi connectivity index (χ1n) is 6.46. The van der Waals surface area contributed by atoms with E-state index in [0.717, 1.165) is 0 Å². The van der Waals surface area contributed by atoms with Gasteiger partial charge in [0.1, 0.15) is 5.78 Å². The van der Waals surface area contributed by atoms with Crippen molar-refractivity contribution in [1.29, 1.82) is 0 Å². The van der Waals surface area contributed by atoms with E-state index in [1.165, 1.54) is 0 Å². The third-order valence-corrected chi connectivity index (χ3v) is 4.07. The molecule has 1 aliphatic rings. The van der Waals surface area contributed by atoms with Crippen LogP contribution < -0.4 is 0 Å². The Labute approximate surface area is 116 Å². The molecule has 2 rings (SSSR count). The minimum Gasteiger partial charge on any atom is -0.481 e. The lowest BCUT2D eigenvalue weighted by molar-refractivity contribution is -0.160. The number of Topliss-reactive ketones (excluding diaryl/α,β-unsaturated/α-hetero) is 1. The van der Waals surface area contributed by atoms with E-state index in [1.54, 1.807) is 37.3 Å². The number of carbonyl (C=O) groups excluding carboxylic acids is 1. The summed E-state index contributed by atoms with van der Waals surface area (Å²) in [5.41, 5.74) is 0.701. The van der Waals surface area contributed by atoms with E-state index in [2.05, 4.69) is 0 Å². The smallest absolute Gasteiger partial charge is 0.308 e. The van der Waals surface area contributed by atoms with E-state index < -0.39 is 35.6 Å². The molecule has 0 aliphatic heterocycles. The fourth-order valence-corrected chi connectivity index (χ4v) is 3.03. The van der Waals surface area contributed by atoms with E-state index in [-0.39, 0.29) is 12.2 Å². The molecule has 0 unspecified atom stereocenters. The Bertz CT molecular complexity index is 536. The van der Waals surface area contributed by atoms with Crippen molar-refractivity contribution in [1.82, 2.24) is 0 Å². The fraction of sp³-hybridized carbons (Fsp3) is 0.400. The minimum atomic E-state index is -1.22. The summed E-state index contributed by atoms with van der Waals surface area (Å²) in [4.78, 5) is 34.8. The molecule has 0 spiro atoms. The van der Waals surface area contributed by atoms with Gasteiger partial charge in [-0.2, -0.15) is 0 Å². The van der Waals surface area contributed by atoms with Gasteiger partial charge in [-0.25, -0.2) is 0 Å². The number of hydrogen-bond donors (Lipinski definition) is 2. The highest BCUT2D eigenvalue weighted by atomic mass is 16.4. The second-order valence-electron chi connectivity index (χ2n) is 5.20. The molecule has 0 heterocycles. The van der Waals surface area contributed by atoms with Gasteiger partial charge in [-0.15, -0.1) is 0 Å². The van der Waals surface area contributed by atoms with Crippen LogP contribution in [0.25, 0.3) is 0 Å². The highest BCUT2D eigenvalue weighted by Crippen LogP contribution is 2.43. The van der Waals surface area contributed by atoms with Gasteiger partial charge in [0.25, 0.3) is 0 Å². The molecule has 20 heavy (non-hydrogen) atoms. The van der Waals surface area contributed by atoms with Crippen LogP contribution in [0.2, 0.25) is 0 Å². The molecule has 1 saturated carbocycles. The Morgan fingerprint density at radius 3 is 2.20 bits per heavy atom. The van der Waals surface area contributed by atoms with Crippen LogP contribution in [-0.4, -0.2) is 27.9 Å². The van der Waals surface area contributed by atoms with Crippen LogP contribution in [0.1, 0.15) is 24.8 Å². The highest BCUT2D eigenvalue weighted by Gasteiger charge is 2.49. The second kappa shape index (κ2) is 5.45. The summed E-state index contributed by atoms with van der Waals surface area (Å²) >= 11 is 0. The molecule has 1 fully saturated rings. The molecule has 1 aromatic rings. The van der Waals surface area contributed by atoms with Crippen LogP contribution in [-0.2, 0) is 14.4 Å². The summed E-state index contributed by atoms with van der Waals surface area (Å²) in [7, 11) is 0. The Morgan fingerprint density at radius 1 is 1.10 bits per heavy atom. The zero-order chi connectivity index (χ0) is 14.9. The number of rotatable bonds is 3. The van der Waals surface area contributed by atoms with Crippen molar-refractivity contribution >= 4 is 17.7 Å². The maximum atomic E-state index is 12.0. The molecule has 4 atom stereocenters. The molecule has 0 saturated heterocycles. The van der Waals surface area contributed by atoms with Gasteiger partial charge in [0.15, 0.2) is 0 Å². The lowest BCUT2D eigenvalue weighted by Crippen LogP contribution is -2.44. The van der Waals surface area contributed by atoms with E-state index >= 15 is 0 Å². The first-order chi connectivity index (χ1) is 9.43. The standard InChI is InChI=1S/C15H16O5/c1-8-11(16)7-10(14(17)18)13(15(19)20)12(8)9-5-3-2-4-6-9/h2-6,8,10,12-13H,7H2,1H3,(H,17,18)(H,19,20)/t8-,10-,12+,13-/m1/s1. The third-order valence-electron chi connectivity index (χ3n) is 4.07. The largest absolute Gasteiger partial charge is 0.481 e. The van der Waals surface area contributed by atoms with Crippen LogP contribution in [0.4, 0.5) is 0 Å². The summed E-state index contributed by atoms with van der Waals surface area (Å²) in [6, 6.07) is 8.80. The van der Waals surface area contributed by atoms with Gasteiger partial charge < -0.3 is 10.2 Å². The average molecular weight is 276 g/mol. The maximum Gasteiger partial charge on any atom is 0.308 e. The third kappa shape index (κ3) is 2.43. The van der Waals surface area contributed by atoms with Crippen LogP contribution in [0.5, 0.6) is 0 Å². The molecule has 1 aliphatic carbocycles. The number of benzene rings is 1. The normalized spacial score (nSPS) is 29.9. The van der Waals surface area contributed by atoms with Crippen LogP contribution in [0.3, 0.4) is 0 Å². The number of hydrogen-bond acceptors (Lipinski definition) is 3. The molecule has 1 aromatic carbocycles. The summed E-state index contributed by atoms with van der Waals surface area (Å²) in [6.45, 7) is 1.67. The predicted molar refractivity (Wildman–Crippen MR) is 70.2 cm³/mol. The van der Waals surface area contributed by atoms with Gasteiger partial charge in [0.2, 0.25) is 0 Å². The number of carbonyl (C=O) groups is 3. The number of ketones is 1. The second-order valence-corrected chi connectivity index (χ2v) is 5.20. The van der Waals surface area contributed by atoms with Gasteiger partial charge in [-0.05, 0) is 5.56 Å². The average Bonchev–Trinajstić information content (AvgIpc) is 2.41. The van der Waals surface area contributed by atoms with Crippen molar-refractivity contribution in [2.45, 2.75) is 19.3 Å². The SMILES string of the molecule is C[C@@H]1C(=O)C[C@@H](C(=O)O)[C@@H](C(=O)O)[C@@H]1c1ccccc1. The molecule has 0 aromatic heterocycles. The van der Waals surface area contributed by atoms with Gasteiger partial charge >= 0.3 is 11.9 Å². The Balaban J connectivity index is 2.50. The molecule has 2 N–H and O–H groups in total. The topological polar surface area (TPSA) is 91.7 Å². The maximum absolute atomic E-state index is 12.0. The Morgan fingerprint density at radius 2 is 1.70 bits per heavy atom. The minimum absolute atomic E-state index is 0.191. The molecule has 0 radical (unpaired) electrons. The Kier molecular flexibility index (Phi) is 3.88. The highest BCUT2D eigenvalue weighted by molar-refractivity contribution is 5.92. The monoisotopic (exact) mass is 276 g/mol. The van der Waals surface area contributed by atoms with Crippen molar-refractivity contribution in [2.24, 2.45) is 17.8 Å². The van der Waals surface area contributed by atoms with Crippen molar-refractivity contribution in [3.8, 4) is 0 Å². The summed E-state index contributed by atoms with van der Waals surface area (Å²) in [5, 5.41) is 18.6. The van der Waals surface area contributed by atoms with E-state index in [4.69, 9.17) is 0 Å². The van der Waals surface area contributed by atoms with Gasteiger partial charge in [-0.1, -0.05) is 37.3 Å². The molecule has 0 amide bonds. The molecule has 5 heteroatoms. The van der Waals surface area contributed by atoms with E-state index in [9.17, 15) is 24.6 Å². The van der Waals surface area contributed by atoms with Crippen molar-refractivity contribution in [2.75, 3.05) is 0 Å². The summed E-state index contributed by atoms with van der Waals surface area (Å²) < 4.78 is 0. The summed E-state index contributed by atoms with van der Waals surface area (Å²) in [5.74, 6) is -5.91. The van der Waals surface area contributed by atoms with Gasteiger partial charge in [0, 0.05) is 18.3 Å². The predicted octanol–water partition coefficient (Wildman–Crippen LogP) is 1.78. The number of carboxylic acid groups (broad SMARTS) is 2. The zero-order valence-corrected chi connectivity index (χ0v) is 11.0. The first-order valence-corrected chi connectivity index (χ1v) is 6.46. The quantitative estimate of drug-likeness (QED) is 0.878. The number of aliphatic carboxylic acids is 2. The van der Waals surface area contributed by atoms with Gasteiger partial charge in [0.05, 0.1) is 11.8 Å². The zero-order valence-electron chi connectivity index (χ0n) is 11.0. The van der Waals surface area contributed by atoms with Crippen molar-refractivity contribution in [3.63, 3.8) is 0 Å². The lowest BCUT2D eigenvalue weighted by Gasteiger charge is -2.37. The van der Waals surface area contributed by atoms with E-state index in [0.29, 0.717) is 5.56 Å². The molecule has 106 valence electrons. The molecule has 5 nitrogen and oxygen atoms in total. The van der Waals surface area contributed by atoms with Crippen molar-refractivity contribution < 1.29 is 24.6 Å². The lowest BCUT2D eigenvalue weighted by atomic mass is 9.64. The molecule has 0 bridgehead atoms. The first kappa shape index (κ1) is 14.2. The van der Waals surface area contributed by atoms with Gasteiger partial charge in [-0.3, -0.25) is 14.4 Å². The van der Waals surface area contributed by atoms with Crippen LogP contribution in [0.15, 0.2) is 30.3 Å². The van der Waals surface area contributed by atoms with E-state index in [1.807, 2.05) is 0 Å². The van der Waals surface area contributed by atoms with Crippen LogP contribution >= 0.6 is 0 Å². The molecular formula is C15H16O5. The Hall–Kier alpha value is -2.17. The summed E-state index contributed by atoms with van der Waals surface area (Å²) in [6.07, 6.45) is -0.212. The van der Waals surface area contributed by atoms with Crippen molar-refractivity contribution in [3.05, 3.63) is 35.9 Å². The molecular weight excluding hydrogens is 260 g/mol. The van der Waals surface area contributed by atoms with Crippen LogP contribution in [0, 0.1) is 17.8 Å². The fourth-order valence-electron chi connectivity index (χ4n) is 3.03. The number of carboxylic acids is 2.